The van der Waals surface area contributed by atoms with Crippen LogP contribution in [-0.2, 0) is 10.0 Å². The molecule has 0 bridgehead atoms. The van der Waals surface area contributed by atoms with Crippen molar-refractivity contribution in [3.8, 4) is 5.75 Å². The molecule has 7 heteroatoms. The van der Waals surface area contributed by atoms with Gasteiger partial charge in [0, 0.05) is 11.8 Å². The van der Waals surface area contributed by atoms with Crippen LogP contribution >= 0.6 is 0 Å². The summed E-state index contributed by atoms with van der Waals surface area (Å²) in [5.41, 5.74) is 7.67. The predicted molar refractivity (Wildman–Crippen MR) is 83.4 cm³/mol. The second-order valence-corrected chi connectivity index (χ2v) is 6.20. The summed E-state index contributed by atoms with van der Waals surface area (Å²) in [7, 11) is -0.555. The van der Waals surface area contributed by atoms with Crippen molar-refractivity contribution in [2.45, 2.75) is 4.90 Å². The fraction of sp³-hybridized carbons (Fsp3) is 0.143. The van der Waals surface area contributed by atoms with Crippen LogP contribution in [0.5, 0.6) is 5.75 Å². The van der Waals surface area contributed by atoms with Gasteiger partial charge in [0.05, 0.1) is 23.4 Å². The minimum Gasteiger partial charge on any atom is -0.497 e. The topological polar surface area (TPSA) is 93.5 Å². The van der Waals surface area contributed by atoms with E-state index < -0.39 is 10.0 Å². The Morgan fingerprint density at radius 3 is 2.52 bits per heavy atom. The molecule has 0 saturated carbocycles. The van der Waals surface area contributed by atoms with Crippen molar-refractivity contribution in [3.63, 3.8) is 0 Å². The molecule has 2 aromatic carbocycles. The summed E-state index contributed by atoms with van der Waals surface area (Å²) < 4.78 is 30.8. The Morgan fingerprint density at radius 2 is 1.90 bits per heavy atom. The lowest BCUT2D eigenvalue weighted by atomic mass is 10.2. The molecular weight excluding hydrogens is 290 g/mol. The van der Waals surface area contributed by atoms with Crippen LogP contribution in [0.15, 0.2) is 47.4 Å². The number of hydrogen-bond acceptors (Lipinski definition) is 5. The normalized spacial score (nSPS) is 11.1. The summed E-state index contributed by atoms with van der Waals surface area (Å²) in [5, 5.41) is 3.12. The molecular formula is C14H17N3O3S. The van der Waals surface area contributed by atoms with Crippen molar-refractivity contribution < 1.29 is 13.2 Å². The number of nitrogens with one attached hydrogen (secondary N) is 2. The monoisotopic (exact) mass is 307 g/mol. The van der Waals surface area contributed by atoms with Crippen LogP contribution in [0.25, 0.3) is 0 Å². The number of nitrogen functional groups attached to an aromatic ring is 1. The summed E-state index contributed by atoms with van der Waals surface area (Å²) in [6.45, 7) is 0. The quantitative estimate of drug-likeness (QED) is 0.734. The summed E-state index contributed by atoms with van der Waals surface area (Å²) in [5.74, 6) is 0.716. The maximum atomic E-state index is 11.7. The summed E-state index contributed by atoms with van der Waals surface area (Å²) in [4.78, 5) is 0.124. The first-order chi connectivity index (χ1) is 9.96. The van der Waals surface area contributed by atoms with Crippen molar-refractivity contribution in [2.24, 2.45) is 0 Å². The Morgan fingerprint density at radius 1 is 1.14 bits per heavy atom. The summed E-state index contributed by atoms with van der Waals surface area (Å²) in [6.07, 6.45) is 0. The predicted octanol–water partition coefficient (Wildman–Crippen LogP) is 1.93. The van der Waals surface area contributed by atoms with Crippen LogP contribution in [0.1, 0.15) is 0 Å². The van der Waals surface area contributed by atoms with Gasteiger partial charge in [0.25, 0.3) is 0 Å². The van der Waals surface area contributed by atoms with Gasteiger partial charge in [0.15, 0.2) is 0 Å². The highest BCUT2D eigenvalue weighted by atomic mass is 32.2. The molecule has 0 spiro atoms. The van der Waals surface area contributed by atoms with Crippen molar-refractivity contribution >= 4 is 27.1 Å². The van der Waals surface area contributed by atoms with E-state index in [0.717, 1.165) is 5.69 Å². The molecule has 0 aromatic heterocycles. The zero-order valence-corrected chi connectivity index (χ0v) is 12.6. The van der Waals surface area contributed by atoms with Gasteiger partial charge < -0.3 is 15.8 Å². The van der Waals surface area contributed by atoms with Crippen molar-refractivity contribution in [2.75, 3.05) is 25.2 Å². The molecule has 4 N–H and O–H groups in total. The van der Waals surface area contributed by atoms with Crippen molar-refractivity contribution in [1.29, 1.82) is 0 Å². The minimum absolute atomic E-state index is 0.124. The largest absolute Gasteiger partial charge is 0.497 e. The number of anilines is 3. The van der Waals surface area contributed by atoms with Gasteiger partial charge in [-0.15, -0.1) is 0 Å². The molecule has 0 radical (unpaired) electrons. The van der Waals surface area contributed by atoms with E-state index in [2.05, 4.69) is 10.0 Å². The SMILES string of the molecule is CNS(=O)(=O)c1ccc(Nc2cccc(OC)c2)c(N)c1. The first-order valence-corrected chi connectivity index (χ1v) is 7.69. The summed E-state index contributed by atoms with van der Waals surface area (Å²) >= 11 is 0. The third kappa shape index (κ3) is 3.45. The van der Waals surface area contributed by atoms with Crippen LogP contribution in [0.3, 0.4) is 0 Å². The highest BCUT2D eigenvalue weighted by molar-refractivity contribution is 7.89. The second kappa shape index (κ2) is 6.02. The maximum Gasteiger partial charge on any atom is 0.240 e. The average Bonchev–Trinajstić information content (AvgIpc) is 2.49. The fourth-order valence-corrected chi connectivity index (χ4v) is 2.56. The van der Waals surface area contributed by atoms with Gasteiger partial charge in [0.2, 0.25) is 10.0 Å². The lowest BCUT2D eigenvalue weighted by molar-refractivity contribution is 0.415. The van der Waals surface area contributed by atoms with Gasteiger partial charge in [0.1, 0.15) is 5.75 Å². The fourth-order valence-electron chi connectivity index (χ4n) is 1.80. The van der Waals surface area contributed by atoms with E-state index in [-0.39, 0.29) is 4.90 Å². The van der Waals surface area contributed by atoms with E-state index in [4.69, 9.17) is 10.5 Å². The Bertz CT molecular complexity index is 745. The average molecular weight is 307 g/mol. The van der Waals surface area contributed by atoms with E-state index in [1.807, 2.05) is 24.3 Å². The molecule has 0 unspecified atom stereocenters. The number of rotatable bonds is 5. The molecule has 2 aromatic rings. The molecule has 0 saturated heterocycles. The standard InChI is InChI=1S/C14H17N3O3S/c1-16-21(18,19)12-6-7-14(13(15)9-12)17-10-4-3-5-11(8-10)20-2/h3-9,16-17H,15H2,1-2H3. The number of nitrogens with two attached hydrogens (primary N) is 1. The van der Waals surface area contributed by atoms with Gasteiger partial charge in [-0.25, -0.2) is 13.1 Å². The van der Waals surface area contributed by atoms with Crippen LogP contribution in [0.4, 0.5) is 17.1 Å². The van der Waals surface area contributed by atoms with E-state index >= 15 is 0 Å². The van der Waals surface area contributed by atoms with Gasteiger partial charge in [-0.1, -0.05) is 6.07 Å². The minimum atomic E-state index is -3.50. The van der Waals surface area contributed by atoms with Gasteiger partial charge in [-0.05, 0) is 37.4 Å². The van der Waals surface area contributed by atoms with Crippen LogP contribution in [0, 0.1) is 0 Å². The van der Waals surface area contributed by atoms with Crippen LogP contribution in [0.2, 0.25) is 0 Å². The zero-order valence-electron chi connectivity index (χ0n) is 11.8. The molecule has 6 nitrogen and oxygen atoms in total. The van der Waals surface area contributed by atoms with Crippen molar-refractivity contribution in [1.82, 2.24) is 4.72 Å². The smallest absolute Gasteiger partial charge is 0.240 e. The number of sulfonamides is 1. The lowest BCUT2D eigenvalue weighted by Gasteiger charge is -2.12. The zero-order chi connectivity index (χ0) is 15.5. The highest BCUT2D eigenvalue weighted by Crippen LogP contribution is 2.27. The molecule has 0 fully saturated rings. The Hall–Kier alpha value is -2.25. The molecule has 112 valence electrons. The molecule has 0 amide bonds. The van der Waals surface area contributed by atoms with E-state index in [1.54, 1.807) is 13.2 Å². The molecule has 0 atom stereocenters. The molecule has 0 aliphatic carbocycles. The third-order valence-electron chi connectivity index (χ3n) is 2.95. The van der Waals surface area contributed by atoms with E-state index in [1.165, 1.54) is 19.2 Å². The van der Waals surface area contributed by atoms with Crippen molar-refractivity contribution in [3.05, 3.63) is 42.5 Å². The summed E-state index contributed by atoms with van der Waals surface area (Å²) in [6, 6.07) is 11.9. The highest BCUT2D eigenvalue weighted by Gasteiger charge is 2.13. The number of methoxy groups -OCH3 is 1. The lowest BCUT2D eigenvalue weighted by Crippen LogP contribution is -2.18. The third-order valence-corrected chi connectivity index (χ3v) is 4.36. The van der Waals surface area contributed by atoms with E-state index in [0.29, 0.717) is 17.1 Å². The van der Waals surface area contributed by atoms with Gasteiger partial charge in [-0.2, -0.15) is 0 Å². The molecule has 21 heavy (non-hydrogen) atoms. The van der Waals surface area contributed by atoms with E-state index in [9.17, 15) is 8.42 Å². The Labute approximate surface area is 124 Å². The van der Waals surface area contributed by atoms with Gasteiger partial charge in [-0.3, -0.25) is 0 Å². The van der Waals surface area contributed by atoms with Crippen LogP contribution in [-0.4, -0.2) is 22.6 Å². The first-order valence-electron chi connectivity index (χ1n) is 6.20. The van der Waals surface area contributed by atoms with Gasteiger partial charge >= 0.3 is 0 Å². The number of benzene rings is 2. The Kier molecular flexibility index (Phi) is 4.35. The first kappa shape index (κ1) is 15.1. The molecule has 0 aliphatic rings. The molecule has 2 rings (SSSR count). The molecule has 0 heterocycles. The van der Waals surface area contributed by atoms with Crippen LogP contribution < -0.4 is 20.5 Å². The maximum absolute atomic E-state index is 11.7. The number of hydrogen-bond donors (Lipinski definition) is 3. The molecule has 0 aliphatic heterocycles. The second-order valence-electron chi connectivity index (χ2n) is 4.31. The Balaban J connectivity index is 2.29. The number of ether oxygens (including phenoxy) is 1.